The molecule has 0 saturated carbocycles. The summed E-state index contributed by atoms with van der Waals surface area (Å²) in [5.74, 6) is 6.09. The van der Waals surface area contributed by atoms with E-state index in [9.17, 15) is 4.79 Å². The molecule has 1 aromatic rings. The molecular formula is C16H20ClN3O2. The maximum Gasteiger partial charge on any atom is 0.411 e. The minimum absolute atomic E-state index is 0.166. The Morgan fingerprint density at radius 1 is 1.55 bits per heavy atom. The molecule has 1 saturated heterocycles. The van der Waals surface area contributed by atoms with Crippen molar-refractivity contribution < 1.29 is 9.53 Å². The first-order chi connectivity index (χ1) is 10.3. The quantitative estimate of drug-likeness (QED) is 0.589. The molecule has 6 heteroatoms. The lowest BCUT2D eigenvalue weighted by Crippen LogP contribution is -2.39. The third-order valence-electron chi connectivity index (χ3n) is 3.20. The Balaban J connectivity index is 2.14. The summed E-state index contributed by atoms with van der Waals surface area (Å²) in [6.07, 6.45) is 2.96. The SMILES string of the molecule is CC(C)(C)OC(=O)N1CCCC1C#Cc1ccnc(Cl)c1N. The average Bonchev–Trinajstić information content (AvgIpc) is 2.87. The molecule has 1 amide bonds. The van der Waals surface area contributed by atoms with Crippen LogP contribution in [-0.4, -0.2) is 34.2 Å². The van der Waals surface area contributed by atoms with Crippen LogP contribution >= 0.6 is 11.6 Å². The third kappa shape index (κ3) is 4.05. The molecule has 0 aromatic carbocycles. The second-order valence-corrected chi connectivity index (χ2v) is 6.52. The van der Waals surface area contributed by atoms with Gasteiger partial charge in [0.05, 0.1) is 17.3 Å². The Bertz CT molecular complexity index is 629. The number of ether oxygens (including phenoxy) is 1. The van der Waals surface area contributed by atoms with Gasteiger partial charge in [0, 0.05) is 12.7 Å². The number of carbonyl (C=O) groups is 1. The molecular weight excluding hydrogens is 302 g/mol. The number of hydrogen-bond donors (Lipinski definition) is 1. The van der Waals surface area contributed by atoms with Gasteiger partial charge in [-0.25, -0.2) is 9.78 Å². The first-order valence-electron chi connectivity index (χ1n) is 7.19. The highest BCUT2D eigenvalue weighted by molar-refractivity contribution is 6.32. The predicted molar refractivity (Wildman–Crippen MR) is 86.5 cm³/mol. The monoisotopic (exact) mass is 321 g/mol. The summed E-state index contributed by atoms with van der Waals surface area (Å²) in [5, 5.41) is 0.238. The second-order valence-electron chi connectivity index (χ2n) is 6.16. The fourth-order valence-electron chi connectivity index (χ4n) is 2.17. The zero-order valence-electron chi connectivity index (χ0n) is 13.0. The van der Waals surface area contributed by atoms with E-state index in [1.165, 1.54) is 0 Å². The molecule has 0 bridgehead atoms. The Morgan fingerprint density at radius 3 is 2.95 bits per heavy atom. The minimum atomic E-state index is -0.513. The van der Waals surface area contributed by atoms with E-state index in [1.807, 2.05) is 20.8 Å². The van der Waals surface area contributed by atoms with Crippen LogP contribution in [0.4, 0.5) is 10.5 Å². The van der Waals surface area contributed by atoms with Crippen LogP contribution in [0.3, 0.4) is 0 Å². The molecule has 1 unspecified atom stereocenters. The summed E-state index contributed by atoms with van der Waals surface area (Å²) < 4.78 is 5.41. The molecule has 1 aliphatic rings. The first kappa shape index (κ1) is 16.4. The normalized spacial score (nSPS) is 17.8. The Labute approximate surface area is 135 Å². The van der Waals surface area contributed by atoms with Crippen LogP contribution < -0.4 is 5.73 Å². The number of anilines is 1. The van der Waals surface area contributed by atoms with Gasteiger partial charge in [-0.2, -0.15) is 0 Å². The fraction of sp³-hybridized carbons (Fsp3) is 0.500. The molecule has 0 aliphatic carbocycles. The number of nitrogen functional groups attached to an aromatic ring is 1. The van der Waals surface area contributed by atoms with Gasteiger partial charge >= 0.3 is 6.09 Å². The maximum absolute atomic E-state index is 12.2. The van der Waals surface area contributed by atoms with E-state index < -0.39 is 5.60 Å². The number of pyridine rings is 1. The Morgan fingerprint density at radius 2 is 2.27 bits per heavy atom. The molecule has 2 rings (SSSR count). The van der Waals surface area contributed by atoms with Gasteiger partial charge < -0.3 is 10.5 Å². The Kier molecular flexibility index (Phi) is 4.82. The summed E-state index contributed by atoms with van der Waals surface area (Å²) in [4.78, 5) is 17.7. The molecule has 0 spiro atoms. The third-order valence-corrected chi connectivity index (χ3v) is 3.50. The van der Waals surface area contributed by atoms with Gasteiger partial charge in [-0.1, -0.05) is 23.4 Å². The molecule has 0 radical (unpaired) electrons. The number of halogens is 1. The van der Waals surface area contributed by atoms with Gasteiger partial charge in [0.15, 0.2) is 5.15 Å². The topological polar surface area (TPSA) is 68.5 Å². The first-order valence-corrected chi connectivity index (χ1v) is 7.57. The van der Waals surface area contributed by atoms with Crippen LogP contribution in [0.15, 0.2) is 12.3 Å². The molecule has 1 atom stereocenters. The van der Waals surface area contributed by atoms with Gasteiger partial charge in [-0.05, 0) is 39.7 Å². The molecule has 1 aliphatic heterocycles. The van der Waals surface area contributed by atoms with Crippen LogP contribution in [0.25, 0.3) is 0 Å². The average molecular weight is 322 g/mol. The predicted octanol–water partition coefficient (Wildman–Crippen LogP) is 3.07. The summed E-state index contributed by atoms with van der Waals surface area (Å²) in [6.45, 7) is 6.20. The van der Waals surface area contributed by atoms with Crippen molar-refractivity contribution in [2.75, 3.05) is 12.3 Å². The van der Waals surface area contributed by atoms with Crippen LogP contribution in [0, 0.1) is 11.8 Å². The lowest BCUT2D eigenvalue weighted by Gasteiger charge is -2.26. The van der Waals surface area contributed by atoms with Gasteiger partial charge in [0.25, 0.3) is 0 Å². The van der Waals surface area contributed by atoms with E-state index in [0.29, 0.717) is 17.8 Å². The lowest BCUT2D eigenvalue weighted by molar-refractivity contribution is 0.0261. The molecule has 22 heavy (non-hydrogen) atoms. The number of likely N-dealkylation sites (tertiary alicyclic amines) is 1. The van der Waals surface area contributed by atoms with Crippen molar-refractivity contribution in [3.63, 3.8) is 0 Å². The summed E-state index contributed by atoms with van der Waals surface area (Å²) in [7, 11) is 0. The molecule has 2 heterocycles. The maximum atomic E-state index is 12.2. The Hall–Kier alpha value is -1.93. The zero-order valence-corrected chi connectivity index (χ0v) is 13.8. The summed E-state index contributed by atoms with van der Waals surface area (Å²) >= 11 is 5.87. The van der Waals surface area contributed by atoms with Crippen molar-refractivity contribution in [2.45, 2.75) is 45.3 Å². The molecule has 118 valence electrons. The number of carbonyl (C=O) groups excluding carboxylic acids is 1. The van der Waals surface area contributed by atoms with Crippen LogP contribution in [0.2, 0.25) is 5.15 Å². The number of rotatable bonds is 0. The van der Waals surface area contributed by atoms with E-state index in [1.54, 1.807) is 17.2 Å². The number of aromatic nitrogens is 1. The summed E-state index contributed by atoms with van der Waals surface area (Å²) in [5.41, 5.74) is 6.31. The zero-order chi connectivity index (χ0) is 16.3. The highest BCUT2D eigenvalue weighted by Gasteiger charge is 2.31. The van der Waals surface area contributed by atoms with Crippen molar-refractivity contribution >= 4 is 23.4 Å². The minimum Gasteiger partial charge on any atom is -0.444 e. The fourth-order valence-corrected chi connectivity index (χ4v) is 2.33. The van der Waals surface area contributed by atoms with Crippen molar-refractivity contribution in [3.05, 3.63) is 23.0 Å². The van der Waals surface area contributed by atoms with Crippen molar-refractivity contribution in [3.8, 4) is 11.8 Å². The molecule has 2 N–H and O–H groups in total. The second kappa shape index (κ2) is 6.45. The van der Waals surface area contributed by atoms with Crippen LogP contribution in [-0.2, 0) is 4.74 Å². The van der Waals surface area contributed by atoms with E-state index in [-0.39, 0.29) is 17.3 Å². The van der Waals surface area contributed by atoms with E-state index in [0.717, 1.165) is 12.8 Å². The van der Waals surface area contributed by atoms with Gasteiger partial charge in [-0.15, -0.1) is 0 Å². The standard InChI is InChI=1S/C16H20ClN3O2/c1-16(2,3)22-15(21)20-10-4-5-12(20)7-6-11-8-9-19-14(17)13(11)18/h8-9,12H,4-5,10,18H2,1-3H3. The highest BCUT2D eigenvalue weighted by Crippen LogP contribution is 2.22. The highest BCUT2D eigenvalue weighted by atomic mass is 35.5. The van der Waals surface area contributed by atoms with Crippen molar-refractivity contribution in [1.29, 1.82) is 0 Å². The van der Waals surface area contributed by atoms with E-state index in [2.05, 4.69) is 16.8 Å². The van der Waals surface area contributed by atoms with Crippen molar-refractivity contribution in [2.24, 2.45) is 0 Å². The van der Waals surface area contributed by atoms with Gasteiger partial charge in [0.1, 0.15) is 5.60 Å². The number of hydrogen-bond acceptors (Lipinski definition) is 4. The van der Waals surface area contributed by atoms with Gasteiger partial charge in [0.2, 0.25) is 0 Å². The van der Waals surface area contributed by atoms with Crippen molar-refractivity contribution in [1.82, 2.24) is 9.88 Å². The molecule has 5 nitrogen and oxygen atoms in total. The smallest absolute Gasteiger partial charge is 0.411 e. The number of nitrogens with two attached hydrogens (primary N) is 1. The molecule has 1 aromatic heterocycles. The molecule has 1 fully saturated rings. The number of amides is 1. The van der Waals surface area contributed by atoms with Crippen LogP contribution in [0.5, 0.6) is 0 Å². The lowest BCUT2D eigenvalue weighted by atomic mass is 10.2. The van der Waals surface area contributed by atoms with E-state index >= 15 is 0 Å². The van der Waals surface area contributed by atoms with Crippen LogP contribution in [0.1, 0.15) is 39.2 Å². The largest absolute Gasteiger partial charge is 0.444 e. The summed E-state index contributed by atoms with van der Waals surface area (Å²) in [6, 6.07) is 1.54. The number of nitrogens with zero attached hydrogens (tertiary/aromatic N) is 2. The van der Waals surface area contributed by atoms with Gasteiger partial charge in [-0.3, -0.25) is 4.90 Å². The van der Waals surface area contributed by atoms with E-state index in [4.69, 9.17) is 22.1 Å².